The molecule has 0 saturated heterocycles. The van der Waals surface area contributed by atoms with Crippen LogP contribution in [0.2, 0.25) is 0 Å². The molecule has 6 nitrogen and oxygen atoms in total. The molecule has 1 aromatic rings. The van der Waals surface area contributed by atoms with Crippen LogP contribution in [0, 0.1) is 5.92 Å². The van der Waals surface area contributed by atoms with Crippen molar-refractivity contribution in [2.75, 3.05) is 26.7 Å². The maximum atomic E-state index is 12.7. The standard InChI is InChI=1S/C27H48N3O3S/c1-6-8-10-12-13-14-18-24(31)33-27(22(3)4)30(5)19-16-17-23(21-30)25-26(29-34-28-25)32-20-15-11-9-7-2/h17,22,27H,6-16,18-21H2,1-5H3/q+1. The quantitative estimate of drug-likeness (QED) is 0.132. The second-order valence-electron chi connectivity index (χ2n) is 10.3. The molecular weight excluding hydrogens is 446 g/mol. The van der Waals surface area contributed by atoms with Crippen LogP contribution in [-0.4, -0.2) is 52.2 Å². The topological polar surface area (TPSA) is 61.3 Å². The van der Waals surface area contributed by atoms with Crippen LogP contribution in [0.3, 0.4) is 0 Å². The van der Waals surface area contributed by atoms with Crippen molar-refractivity contribution in [1.82, 2.24) is 8.75 Å². The number of hydrogen-bond acceptors (Lipinski definition) is 6. The van der Waals surface area contributed by atoms with E-state index in [4.69, 9.17) is 9.47 Å². The zero-order chi connectivity index (χ0) is 24.8. The van der Waals surface area contributed by atoms with Gasteiger partial charge in [-0.1, -0.05) is 85.1 Å². The average Bonchev–Trinajstić information content (AvgIpc) is 3.28. The van der Waals surface area contributed by atoms with Crippen LogP contribution < -0.4 is 4.74 Å². The third-order valence-corrected chi connectivity index (χ3v) is 7.24. The molecule has 1 aliphatic rings. The predicted molar refractivity (Wildman–Crippen MR) is 141 cm³/mol. The Morgan fingerprint density at radius 2 is 1.71 bits per heavy atom. The first kappa shape index (κ1) is 28.8. The van der Waals surface area contributed by atoms with Crippen molar-refractivity contribution in [2.45, 2.75) is 111 Å². The molecule has 0 amide bonds. The number of aromatic nitrogens is 2. The number of likely N-dealkylation sites (N-methyl/N-ethyl adjacent to an activating group) is 1. The summed E-state index contributed by atoms with van der Waals surface area (Å²) >= 11 is 1.21. The molecule has 34 heavy (non-hydrogen) atoms. The van der Waals surface area contributed by atoms with Crippen molar-refractivity contribution >= 4 is 23.3 Å². The lowest BCUT2D eigenvalue weighted by Gasteiger charge is -2.44. The Bertz CT molecular complexity index is 749. The van der Waals surface area contributed by atoms with Gasteiger partial charge in [-0.25, -0.2) is 0 Å². The normalized spacial score (nSPS) is 19.2. The van der Waals surface area contributed by atoms with Gasteiger partial charge >= 0.3 is 5.97 Å². The van der Waals surface area contributed by atoms with Crippen LogP contribution in [0.1, 0.15) is 110 Å². The molecule has 2 atom stereocenters. The van der Waals surface area contributed by atoms with Gasteiger partial charge in [0.2, 0.25) is 6.23 Å². The molecule has 2 heterocycles. The minimum Gasteiger partial charge on any atom is -0.475 e. The van der Waals surface area contributed by atoms with E-state index >= 15 is 0 Å². The number of quaternary nitrogens is 1. The van der Waals surface area contributed by atoms with E-state index in [1.54, 1.807) is 0 Å². The molecule has 194 valence electrons. The summed E-state index contributed by atoms with van der Waals surface area (Å²) in [6.45, 7) is 11.1. The SMILES string of the molecule is CCCCCCCCC(=O)OC(C(C)C)[N+]1(C)CCC=C(c2nsnc2OCCCCCC)C1. The zero-order valence-corrected chi connectivity index (χ0v) is 23.1. The first-order chi connectivity index (χ1) is 16.4. The molecule has 0 bridgehead atoms. The van der Waals surface area contributed by atoms with Crippen molar-refractivity contribution in [3.63, 3.8) is 0 Å². The number of nitrogens with zero attached hydrogens (tertiary/aromatic N) is 3. The predicted octanol–water partition coefficient (Wildman–Crippen LogP) is 7.01. The van der Waals surface area contributed by atoms with Gasteiger partial charge in [0, 0.05) is 24.3 Å². The fourth-order valence-electron chi connectivity index (χ4n) is 4.85. The highest BCUT2D eigenvalue weighted by Crippen LogP contribution is 2.33. The van der Waals surface area contributed by atoms with E-state index < -0.39 is 0 Å². The van der Waals surface area contributed by atoms with Gasteiger partial charge < -0.3 is 9.47 Å². The van der Waals surface area contributed by atoms with Gasteiger partial charge in [0.25, 0.3) is 5.88 Å². The Hall–Kier alpha value is -1.47. The lowest BCUT2D eigenvalue weighted by molar-refractivity contribution is -0.950. The lowest BCUT2D eigenvalue weighted by atomic mass is 10.0. The smallest absolute Gasteiger partial charge is 0.310 e. The number of ether oxygens (including phenoxy) is 2. The number of carbonyl (C=O) groups is 1. The Balaban J connectivity index is 1.95. The summed E-state index contributed by atoms with van der Waals surface area (Å²) in [6.07, 6.45) is 15.3. The van der Waals surface area contributed by atoms with Crippen LogP contribution in [0.25, 0.3) is 5.57 Å². The van der Waals surface area contributed by atoms with E-state index in [9.17, 15) is 4.79 Å². The summed E-state index contributed by atoms with van der Waals surface area (Å²) in [5.74, 6) is 0.833. The number of esters is 1. The third-order valence-electron chi connectivity index (χ3n) is 6.73. The summed E-state index contributed by atoms with van der Waals surface area (Å²) in [5.41, 5.74) is 2.02. The number of hydrogen-bond donors (Lipinski definition) is 0. The molecule has 1 aliphatic heterocycles. The summed E-state index contributed by atoms with van der Waals surface area (Å²) in [5, 5.41) is 0. The highest BCUT2D eigenvalue weighted by molar-refractivity contribution is 6.99. The average molecular weight is 495 g/mol. The van der Waals surface area contributed by atoms with Gasteiger partial charge in [-0.3, -0.25) is 9.28 Å². The van der Waals surface area contributed by atoms with Gasteiger partial charge in [-0.05, 0) is 12.8 Å². The Labute approximate surface area is 212 Å². The van der Waals surface area contributed by atoms with E-state index in [-0.39, 0.29) is 18.1 Å². The highest BCUT2D eigenvalue weighted by Gasteiger charge is 2.41. The maximum Gasteiger partial charge on any atom is 0.310 e. The van der Waals surface area contributed by atoms with E-state index in [1.165, 1.54) is 56.7 Å². The van der Waals surface area contributed by atoms with Crippen molar-refractivity contribution in [2.24, 2.45) is 5.92 Å². The van der Waals surface area contributed by atoms with Gasteiger partial charge in [0.1, 0.15) is 12.2 Å². The number of unbranched alkanes of at least 4 members (excludes halogenated alkanes) is 8. The van der Waals surface area contributed by atoms with Crippen molar-refractivity contribution in [3.05, 3.63) is 11.8 Å². The fraction of sp³-hybridized carbons (Fsp3) is 0.815. The highest BCUT2D eigenvalue weighted by atomic mass is 32.1. The fourth-order valence-corrected chi connectivity index (χ4v) is 5.38. The second kappa shape index (κ2) is 15.5. The van der Waals surface area contributed by atoms with E-state index in [0.29, 0.717) is 23.4 Å². The Morgan fingerprint density at radius 1 is 1.03 bits per heavy atom. The number of rotatable bonds is 17. The van der Waals surface area contributed by atoms with Crippen LogP contribution in [0.15, 0.2) is 6.08 Å². The van der Waals surface area contributed by atoms with E-state index in [0.717, 1.165) is 50.0 Å². The van der Waals surface area contributed by atoms with Crippen LogP contribution in [-0.2, 0) is 9.53 Å². The zero-order valence-electron chi connectivity index (χ0n) is 22.3. The molecule has 2 rings (SSSR count). The monoisotopic (exact) mass is 494 g/mol. The molecule has 2 unspecified atom stereocenters. The first-order valence-electron chi connectivity index (χ1n) is 13.6. The van der Waals surface area contributed by atoms with Gasteiger partial charge in [0.15, 0.2) is 0 Å². The molecule has 0 aliphatic carbocycles. The van der Waals surface area contributed by atoms with Gasteiger partial charge in [-0.2, -0.15) is 4.37 Å². The van der Waals surface area contributed by atoms with Crippen molar-refractivity contribution < 1.29 is 18.8 Å². The first-order valence-corrected chi connectivity index (χ1v) is 14.3. The minimum absolute atomic E-state index is 0.0592. The molecule has 0 spiro atoms. The summed E-state index contributed by atoms with van der Waals surface area (Å²) < 4.78 is 21.8. The lowest BCUT2D eigenvalue weighted by Crippen LogP contribution is -2.58. The molecule has 0 saturated carbocycles. The van der Waals surface area contributed by atoms with E-state index in [1.807, 2.05) is 0 Å². The summed E-state index contributed by atoms with van der Waals surface area (Å²) in [7, 11) is 2.21. The molecule has 0 fully saturated rings. The summed E-state index contributed by atoms with van der Waals surface area (Å²) in [4.78, 5) is 12.7. The van der Waals surface area contributed by atoms with Crippen LogP contribution in [0.5, 0.6) is 5.88 Å². The Kier molecular flexibility index (Phi) is 13.1. The molecule has 1 aromatic heterocycles. The van der Waals surface area contributed by atoms with Crippen molar-refractivity contribution in [1.29, 1.82) is 0 Å². The Morgan fingerprint density at radius 3 is 2.41 bits per heavy atom. The largest absolute Gasteiger partial charge is 0.475 e. The third kappa shape index (κ3) is 9.29. The molecule has 0 radical (unpaired) electrons. The summed E-state index contributed by atoms with van der Waals surface area (Å²) in [6, 6.07) is 0. The van der Waals surface area contributed by atoms with Crippen LogP contribution in [0.4, 0.5) is 0 Å². The van der Waals surface area contributed by atoms with Crippen LogP contribution >= 0.6 is 11.7 Å². The van der Waals surface area contributed by atoms with E-state index in [2.05, 4.69) is 49.6 Å². The number of carbonyl (C=O) groups excluding carboxylic acids is 1. The van der Waals surface area contributed by atoms with Gasteiger partial charge in [-0.15, -0.1) is 4.37 Å². The second-order valence-corrected chi connectivity index (χ2v) is 10.9. The molecular formula is C27H48N3O3S+. The maximum absolute atomic E-state index is 12.7. The van der Waals surface area contributed by atoms with Crippen molar-refractivity contribution in [3.8, 4) is 5.88 Å². The minimum atomic E-state index is -0.165. The van der Waals surface area contributed by atoms with Gasteiger partial charge in [0.05, 0.1) is 31.9 Å². The molecule has 7 heteroatoms. The molecule has 0 aromatic carbocycles. The molecule has 0 N–H and O–H groups in total.